The van der Waals surface area contributed by atoms with E-state index in [2.05, 4.69) is 45.3 Å². The predicted molar refractivity (Wildman–Crippen MR) is 98.6 cm³/mol. The maximum Gasteiger partial charge on any atom is 0.233 e. The molecule has 4 nitrogen and oxygen atoms in total. The summed E-state index contributed by atoms with van der Waals surface area (Å²) in [6.07, 6.45) is 0.941. The highest BCUT2D eigenvalue weighted by atomic mass is 79.9. The normalized spacial score (nSPS) is 12.2. The molecular formula is C19H24BrN2O2+. The average Bonchev–Trinajstić information content (AvgIpc) is 2.84. The van der Waals surface area contributed by atoms with Crippen LogP contribution in [0.25, 0.3) is 0 Å². The molecule has 3 N–H and O–H groups in total. The van der Waals surface area contributed by atoms with Crippen molar-refractivity contribution in [3.05, 3.63) is 56.8 Å². The number of carbonyl (C=O) groups excluding carboxylic acids is 2. The zero-order chi connectivity index (χ0) is 17.9. The molecule has 0 unspecified atom stereocenters. The number of ketones is 2. The number of rotatable bonds is 7. The number of benzene rings is 1. The Morgan fingerprint density at radius 2 is 1.83 bits per heavy atom. The van der Waals surface area contributed by atoms with Crippen LogP contribution in [0.1, 0.15) is 64.0 Å². The minimum Gasteiger partial charge on any atom is -0.355 e. The van der Waals surface area contributed by atoms with Gasteiger partial charge in [-0.1, -0.05) is 35.0 Å². The molecule has 1 atom stereocenters. The number of hydrogen-bond donors (Lipinski definition) is 2. The molecule has 1 aromatic heterocycles. The summed E-state index contributed by atoms with van der Waals surface area (Å²) in [4.78, 5) is 27.4. The zero-order valence-electron chi connectivity index (χ0n) is 14.6. The Balaban J connectivity index is 2.11. The minimum atomic E-state index is -0.00873. The van der Waals surface area contributed by atoms with Gasteiger partial charge in [0.15, 0.2) is 5.78 Å². The van der Waals surface area contributed by atoms with Crippen molar-refractivity contribution in [1.82, 2.24) is 4.98 Å². The summed E-state index contributed by atoms with van der Waals surface area (Å²) in [6.45, 7) is 7.67. The maximum atomic E-state index is 12.6. The highest BCUT2D eigenvalue weighted by molar-refractivity contribution is 9.10. The van der Waals surface area contributed by atoms with Gasteiger partial charge in [0.2, 0.25) is 5.78 Å². The van der Waals surface area contributed by atoms with Gasteiger partial charge in [-0.2, -0.15) is 0 Å². The summed E-state index contributed by atoms with van der Waals surface area (Å²) in [5.74, 6) is 0.0178. The lowest BCUT2D eigenvalue weighted by Gasteiger charge is -2.14. The molecule has 24 heavy (non-hydrogen) atoms. The summed E-state index contributed by atoms with van der Waals surface area (Å²) in [5, 5.41) is 2.06. The summed E-state index contributed by atoms with van der Waals surface area (Å²) in [6, 6.07) is 8.44. The summed E-state index contributed by atoms with van der Waals surface area (Å²) < 4.78 is 1.05. The smallest absolute Gasteiger partial charge is 0.233 e. The lowest BCUT2D eigenvalue weighted by Crippen LogP contribution is -2.86. The van der Waals surface area contributed by atoms with Crippen molar-refractivity contribution in [3.63, 3.8) is 0 Å². The van der Waals surface area contributed by atoms with Crippen molar-refractivity contribution in [3.8, 4) is 0 Å². The summed E-state index contributed by atoms with van der Waals surface area (Å²) >= 11 is 3.44. The van der Waals surface area contributed by atoms with Crippen molar-refractivity contribution in [2.45, 2.75) is 40.2 Å². The van der Waals surface area contributed by atoms with Gasteiger partial charge in [0, 0.05) is 27.7 Å². The van der Waals surface area contributed by atoms with E-state index in [1.165, 1.54) is 12.5 Å². The van der Waals surface area contributed by atoms with Crippen LogP contribution in [0.15, 0.2) is 28.7 Å². The van der Waals surface area contributed by atoms with Gasteiger partial charge >= 0.3 is 0 Å². The van der Waals surface area contributed by atoms with E-state index in [0.717, 1.165) is 22.2 Å². The van der Waals surface area contributed by atoms with Crippen LogP contribution >= 0.6 is 15.9 Å². The van der Waals surface area contributed by atoms with Gasteiger partial charge in [0.05, 0.1) is 5.69 Å². The van der Waals surface area contributed by atoms with Crippen LogP contribution in [0.2, 0.25) is 0 Å². The molecular weight excluding hydrogens is 368 g/mol. The molecule has 1 aromatic carbocycles. The maximum absolute atomic E-state index is 12.6. The van der Waals surface area contributed by atoms with Gasteiger partial charge < -0.3 is 10.3 Å². The van der Waals surface area contributed by atoms with Gasteiger partial charge in [-0.25, -0.2) is 0 Å². The molecule has 2 rings (SSSR count). The molecule has 0 aliphatic rings. The fourth-order valence-corrected chi connectivity index (χ4v) is 3.42. The Hall–Kier alpha value is -1.72. The van der Waals surface area contributed by atoms with E-state index in [1.807, 2.05) is 26.0 Å². The summed E-state index contributed by atoms with van der Waals surface area (Å²) in [7, 11) is 0. The predicted octanol–water partition coefficient (Wildman–Crippen LogP) is 3.49. The number of quaternary nitrogens is 1. The number of halogens is 1. The Labute approximate surface area is 151 Å². The first-order valence-electron chi connectivity index (χ1n) is 8.17. The number of carbonyl (C=O) groups is 2. The first kappa shape index (κ1) is 18.6. The van der Waals surface area contributed by atoms with Crippen molar-refractivity contribution >= 4 is 27.5 Å². The monoisotopic (exact) mass is 391 g/mol. The third kappa shape index (κ3) is 4.02. The Bertz CT molecular complexity index is 747. The molecule has 0 spiro atoms. The zero-order valence-corrected chi connectivity index (χ0v) is 16.2. The van der Waals surface area contributed by atoms with Gasteiger partial charge in [0.25, 0.3) is 0 Å². The largest absolute Gasteiger partial charge is 0.355 e. The number of aryl methyl sites for hydroxylation is 1. The van der Waals surface area contributed by atoms with Crippen LogP contribution in [0.4, 0.5) is 0 Å². The molecule has 0 amide bonds. The number of aromatic nitrogens is 1. The van der Waals surface area contributed by atoms with E-state index in [-0.39, 0.29) is 17.6 Å². The van der Waals surface area contributed by atoms with E-state index in [1.54, 1.807) is 0 Å². The van der Waals surface area contributed by atoms with Crippen molar-refractivity contribution < 1.29 is 14.9 Å². The standard InChI is InChI=1S/C19H23BrN2O2/c1-5-16(14-6-8-15(20)9-7-14)21-10-17(24)19-11(2)18(13(4)23)12(3)22-19/h6-9,16,21-22H,5,10H2,1-4H3/p+1/t16-/m0/s1. The van der Waals surface area contributed by atoms with Crippen LogP contribution < -0.4 is 5.32 Å². The number of nitrogens with one attached hydrogen (secondary N) is 1. The van der Waals surface area contributed by atoms with Gasteiger partial charge in [0.1, 0.15) is 12.6 Å². The van der Waals surface area contributed by atoms with Gasteiger partial charge in [-0.15, -0.1) is 0 Å². The first-order chi connectivity index (χ1) is 11.3. The highest BCUT2D eigenvalue weighted by Crippen LogP contribution is 2.19. The van der Waals surface area contributed by atoms with Crippen LogP contribution in [-0.2, 0) is 0 Å². The van der Waals surface area contributed by atoms with E-state index in [9.17, 15) is 9.59 Å². The van der Waals surface area contributed by atoms with E-state index in [0.29, 0.717) is 17.8 Å². The second kappa shape index (κ2) is 7.90. The first-order valence-corrected chi connectivity index (χ1v) is 8.96. The number of aromatic amines is 1. The molecule has 0 radical (unpaired) electrons. The topological polar surface area (TPSA) is 66.5 Å². The second-order valence-electron chi connectivity index (χ2n) is 6.11. The quantitative estimate of drug-likeness (QED) is 0.709. The Morgan fingerprint density at radius 3 is 2.33 bits per heavy atom. The average molecular weight is 392 g/mol. The van der Waals surface area contributed by atoms with Crippen LogP contribution in [0.3, 0.4) is 0 Å². The highest BCUT2D eigenvalue weighted by Gasteiger charge is 2.22. The van der Waals surface area contributed by atoms with Gasteiger partial charge in [-0.3, -0.25) is 9.59 Å². The number of H-pyrrole nitrogens is 1. The van der Waals surface area contributed by atoms with Crippen LogP contribution in [0.5, 0.6) is 0 Å². The molecule has 0 saturated heterocycles. The fourth-order valence-electron chi connectivity index (χ4n) is 3.16. The van der Waals surface area contributed by atoms with Crippen molar-refractivity contribution in [2.75, 3.05) is 6.54 Å². The van der Waals surface area contributed by atoms with E-state index < -0.39 is 0 Å². The van der Waals surface area contributed by atoms with Crippen molar-refractivity contribution in [2.24, 2.45) is 0 Å². The molecule has 2 aromatic rings. The number of nitrogens with two attached hydrogens (primary N) is 1. The Morgan fingerprint density at radius 1 is 1.21 bits per heavy atom. The molecule has 0 aliphatic heterocycles. The molecule has 128 valence electrons. The molecule has 1 heterocycles. The minimum absolute atomic E-state index is 0.00873. The van der Waals surface area contributed by atoms with E-state index >= 15 is 0 Å². The molecule has 0 saturated carbocycles. The molecule has 0 bridgehead atoms. The summed E-state index contributed by atoms with van der Waals surface area (Å²) in [5.41, 5.74) is 3.92. The molecule has 0 aliphatic carbocycles. The number of Topliss-reactive ketones (excluding diaryl/α,β-unsaturated/α-hetero) is 2. The lowest BCUT2D eigenvalue weighted by molar-refractivity contribution is -0.685. The fraction of sp³-hybridized carbons (Fsp3) is 0.368. The van der Waals surface area contributed by atoms with E-state index in [4.69, 9.17) is 0 Å². The Kier molecular flexibility index (Phi) is 6.13. The van der Waals surface area contributed by atoms with Gasteiger partial charge in [-0.05, 0) is 38.5 Å². The molecule has 5 heteroatoms. The van der Waals surface area contributed by atoms with Crippen molar-refractivity contribution in [1.29, 1.82) is 0 Å². The third-order valence-electron chi connectivity index (χ3n) is 4.39. The SMILES string of the molecule is CC[C@H]([NH2+]CC(=O)c1[nH]c(C)c(C(C)=O)c1C)c1ccc(Br)cc1. The lowest BCUT2D eigenvalue weighted by atomic mass is 10.0. The van der Waals surface area contributed by atoms with Crippen LogP contribution in [0, 0.1) is 13.8 Å². The van der Waals surface area contributed by atoms with Crippen LogP contribution in [-0.4, -0.2) is 23.1 Å². The second-order valence-corrected chi connectivity index (χ2v) is 7.03. The molecule has 0 fully saturated rings. The number of hydrogen-bond acceptors (Lipinski definition) is 2. The third-order valence-corrected chi connectivity index (χ3v) is 4.92.